The summed E-state index contributed by atoms with van der Waals surface area (Å²) in [6.07, 6.45) is 4.41. The SMILES string of the molecule is CC(C)C1(N)C=CC(CO)=C(N)C1. The number of nitrogens with two attached hydrogens (primary N) is 2. The fraction of sp³-hybridized carbons (Fsp3) is 0.600. The molecule has 0 fully saturated rings. The summed E-state index contributed by atoms with van der Waals surface area (Å²) in [4.78, 5) is 0. The summed E-state index contributed by atoms with van der Waals surface area (Å²) in [5.74, 6) is 0.350. The number of hydrogen-bond acceptors (Lipinski definition) is 3. The predicted molar refractivity (Wildman–Crippen MR) is 53.8 cm³/mol. The van der Waals surface area contributed by atoms with E-state index in [-0.39, 0.29) is 12.1 Å². The molecule has 0 heterocycles. The van der Waals surface area contributed by atoms with Crippen molar-refractivity contribution in [1.82, 2.24) is 0 Å². The highest BCUT2D eigenvalue weighted by atomic mass is 16.3. The highest BCUT2D eigenvalue weighted by Gasteiger charge is 2.29. The van der Waals surface area contributed by atoms with Gasteiger partial charge < -0.3 is 16.6 Å². The quantitative estimate of drug-likeness (QED) is 0.582. The first-order valence-corrected chi connectivity index (χ1v) is 4.56. The molecule has 0 radical (unpaired) electrons. The average molecular weight is 182 g/mol. The van der Waals surface area contributed by atoms with Gasteiger partial charge in [0.05, 0.1) is 6.61 Å². The van der Waals surface area contributed by atoms with Gasteiger partial charge in [0, 0.05) is 17.7 Å². The Balaban J connectivity index is 2.86. The molecule has 0 aromatic heterocycles. The van der Waals surface area contributed by atoms with Crippen molar-refractivity contribution < 1.29 is 5.11 Å². The van der Waals surface area contributed by atoms with Crippen LogP contribution in [0.25, 0.3) is 0 Å². The van der Waals surface area contributed by atoms with E-state index in [0.717, 1.165) is 5.57 Å². The molecular weight excluding hydrogens is 164 g/mol. The molecule has 74 valence electrons. The molecule has 0 aliphatic heterocycles. The lowest BCUT2D eigenvalue weighted by Crippen LogP contribution is -2.45. The zero-order chi connectivity index (χ0) is 10.1. The molecule has 0 spiro atoms. The van der Waals surface area contributed by atoms with E-state index < -0.39 is 0 Å². The Morgan fingerprint density at radius 1 is 1.62 bits per heavy atom. The van der Waals surface area contributed by atoms with Crippen molar-refractivity contribution in [2.75, 3.05) is 6.61 Å². The fourth-order valence-corrected chi connectivity index (χ4v) is 1.42. The maximum Gasteiger partial charge on any atom is 0.0698 e. The Morgan fingerprint density at radius 3 is 2.62 bits per heavy atom. The third-order valence-electron chi connectivity index (χ3n) is 2.75. The molecule has 13 heavy (non-hydrogen) atoms. The van der Waals surface area contributed by atoms with Crippen molar-refractivity contribution >= 4 is 0 Å². The molecule has 0 bridgehead atoms. The molecule has 1 aliphatic carbocycles. The number of hydrogen-bond donors (Lipinski definition) is 3. The van der Waals surface area contributed by atoms with Gasteiger partial charge in [0.15, 0.2) is 0 Å². The Kier molecular flexibility index (Phi) is 2.78. The van der Waals surface area contributed by atoms with E-state index in [2.05, 4.69) is 13.8 Å². The summed E-state index contributed by atoms with van der Waals surface area (Å²) >= 11 is 0. The molecule has 5 N–H and O–H groups in total. The first kappa shape index (κ1) is 10.3. The van der Waals surface area contributed by atoms with E-state index in [9.17, 15) is 0 Å². The van der Waals surface area contributed by atoms with Gasteiger partial charge in [0.25, 0.3) is 0 Å². The molecule has 1 aliphatic rings. The summed E-state index contributed by atoms with van der Waals surface area (Å²) in [7, 11) is 0. The molecule has 0 aromatic carbocycles. The summed E-state index contributed by atoms with van der Waals surface area (Å²) in [5, 5.41) is 8.94. The van der Waals surface area contributed by atoms with Gasteiger partial charge in [-0.2, -0.15) is 0 Å². The Labute approximate surface area is 79.1 Å². The summed E-state index contributed by atoms with van der Waals surface area (Å²) in [6, 6.07) is 0. The van der Waals surface area contributed by atoms with E-state index >= 15 is 0 Å². The van der Waals surface area contributed by atoms with Crippen LogP contribution in [0.15, 0.2) is 23.4 Å². The van der Waals surface area contributed by atoms with Crippen molar-refractivity contribution in [2.45, 2.75) is 25.8 Å². The van der Waals surface area contributed by atoms with Gasteiger partial charge >= 0.3 is 0 Å². The van der Waals surface area contributed by atoms with Crippen molar-refractivity contribution in [3.8, 4) is 0 Å². The van der Waals surface area contributed by atoms with E-state index in [1.165, 1.54) is 0 Å². The largest absolute Gasteiger partial charge is 0.402 e. The van der Waals surface area contributed by atoms with Crippen molar-refractivity contribution in [3.05, 3.63) is 23.4 Å². The van der Waals surface area contributed by atoms with Gasteiger partial charge in [0.2, 0.25) is 0 Å². The van der Waals surface area contributed by atoms with Gasteiger partial charge in [-0.3, -0.25) is 0 Å². The maximum absolute atomic E-state index is 8.94. The highest BCUT2D eigenvalue weighted by Crippen LogP contribution is 2.28. The molecule has 1 atom stereocenters. The summed E-state index contributed by atoms with van der Waals surface area (Å²) in [6.45, 7) is 4.14. The number of rotatable bonds is 2. The summed E-state index contributed by atoms with van der Waals surface area (Å²) in [5.41, 5.74) is 13.1. The zero-order valence-corrected chi connectivity index (χ0v) is 8.25. The van der Waals surface area contributed by atoms with Crippen molar-refractivity contribution in [1.29, 1.82) is 0 Å². The fourth-order valence-electron chi connectivity index (χ4n) is 1.42. The minimum atomic E-state index is -0.344. The van der Waals surface area contributed by atoms with Crippen molar-refractivity contribution in [3.63, 3.8) is 0 Å². The van der Waals surface area contributed by atoms with Crippen LogP contribution in [-0.4, -0.2) is 17.3 Å². The topological polar surface area (TPSA) is 72.3 Å². The normalized spacial score (nSPS) is 28.7. The molecule has 0 aromatic rings. The first-order valence-electron chi connectivity index (χ1n) is 4.56. The van der Waals surface area contributed by atoms with Gasteiger partial charge in [-0.05, 0) is 11.5 Å². The molecule has 3 heteroatoms. The van der Waals surface area contributed by atoms with Crippen molar-refractivity contribution in [2.24, 2.45) is 17.4 Å². The summed E-state index contributed by atoms with van der Waals surface area (Å²) < 4.78 is 0. The van der Waals surface area contributed by atoms with Gasteiger partial charge in [-0.1, -0.05) is 26.0 Å². The van der Waals surface area contributed by atoms with Crippen LogP contribution < -0.4 is 11.5 Å². The van der Waals surface area contributed by atoms with Crippen LogP contribution in [0.5, 0.6) is 0 Å². The van der Waals surface area contributed by atoms with Crippen LogP contribution >= 0.6 is 0 Å². The smallest absolute Gasteiger partial charge is 0.0698 e. The van der Waals surface area contributed by atoms with Gasteiger partial charge in [-0.25, -0.2) is 0 Å². The lowest BCUT2D eigenvalue weighted by molar-refractivity contribution is 0.325. The highest BCUT2D eigenvalue weighted by molar-refractivity contribution is 5.34. The third-order valence-corrected chi connectivity index (χ3v) is 2.75. The first-order chi connectivity index (χ1) is 5.99. The Bertz CT molecular complexity index is 256. The van der Waals surface area contributed by atoms with Crippen LogP contribution in [0.4, 0.5) is 0 Å². The second-order valence-electron chi connectivity index (χ2n) is 3.99. The molecule has 0 amide bonds. The zero-order valence-electron chi connectivity index (χ0n) is 8.25. The molecule has 0 saturated carbocycles. The van der Waals surface area contributed by atoms with E-state index in [0.29, 0.717) is 18.0 Å². The van der Waals surface area contributed by atoms with Gasteiger partial charge in [-0.15, -0.1) is 0 Å². The minimum Gasteiger partial charge on any atom is -0.402 e. The molecule has 3 nitrogen and oxygen atoms in total. The molecular formula is C10H18N2O. The number of aliphatic hydroxyl groups is 1. The average Bonchev–Trinajstić information content (AvgIpc) is 2.04. The van der Waals surface area contributed by atoms with Crippen LogP contribution in [0.3, 0.4) is 0 Å². The molecule has 1 rings (SSSR count). The lowest BCUT2D eigenvalue weighted by atomic mass is 9.79. The van der Waals surface area contributed by atoms with E-state index in [1.54, 1.807) is 0 Å². The predicted octanol–water partition coefficient (Wildman–Crippen LogP) is 0.505. The van der Waals surface area contributed by atoms with E-state index in [4.69, 9.17) is 16.6 Å². The molecule has 1 unspecified atom stereocenters. The van der Waals surface area contributed by atoms with E-state index in [1.807, 2.05) is 12.2 Å². The maximum atomic E-state index is 8.94. The standard InChI is InChI=1S/C10H18N2O/c1-7(2)10(12)4-3-8(6-13)9(11)5-10/h3-4,7,13H,5-6,11-12H2,1-2H3. The Morgan fingerprint density at radius 2 is 2.23 bits per heavy atom. The second kappa shape index (κ2) is 3.52. The Hall–Kier alpha value is -0.800. The van der Waals surface area contributed by atoms with Gasteiger partial charge in [0.1, 0.15) is 0 Å². The monoisotopic (exact) mass is 182 g/mol. The third kappa shape index (κ3) is 1.92. The van der Waals surface area contributed by atoms with Crippen LogP contribution in [0.2, 0.25) is 0 Å². The van der Waals surface area contributed by atoms with Crippen LogP contribution in [0.1, 0.15) is 20.3 Å². The lowest BCUT2D eigenvalue weighted by Gasteiger charge is -2.33. The second-order valence-corrected chi connectivity index (χ2v) is 3.99. The molecule has 0 saturated heterocycles. The number of aliphatic hydroxyl groups excluding tert-OH is 1. The van der Waals surface area contributed by atoms with Crippen LogP contribution in [0, 0.1) is 5.92 Å². The van der Waals surface area contributed by atoms with Crippen LogP contribution in [-0.2, 0) is 0 Å². The minimum absolute atomic E-state index is 0.00346.